The second kappa shape index (κ2) is 6.12. The highest BCUT2D eigenvalue weighted by molar-refractivity contribution is 5.30. The zero-order chi connectivity index (χ0) is 15.6. The summed E-state index contributed by atoms with van der Waals surface area (Å²) in [4.78, 5) is 15.7. The zero-order valence-electron chi connectivity index (χ0n) is 13.5. The maximum absolute atomic E-state index is 4.47. The Bertz CT molecular complexity index is 789. The highest BCUT2D eigenvalue weighted by Gasteiger charge is 2.22. The van der Waals surface area contributed by atoms with Crippen molar-refractivity contribution in [2.75, 3.05) is 13.1 Å². The molecule has 1 atom stereocenters. The van der Waals surface area contributed by atoms with E-state index in [2.05, 4.69) is 35.9 Å². The molecule has 0 bridgehead atoms. The Labute approximate surface area is 135 Å². The lowest BCUT2D eigenvalue weighted by Gasteiger charge is -2.32. The maximum atomic E-state index is 4.47. The lowest BCUT2D eigenvalue weighted by Crippen LogP contribution is -2.36. The Kier molecular flexibility index (Phi) is 3.83. The molecule has 0 amide bonds. The van der Waals surface area contributed by atoms with Crippen molar-refractivity contribution in [2.24, 2.45) is 13.0 Å². The van der Waals surface area contributed by atoms with Gasteiger partial charge in [0.05, 0.1) is 11.9 Å². The number of rotatable bonds is 4. The molecule has 1 aliphatic heterocycles. The first kappa shape index (κ1) is 14.4. The third-order valence-electron chi connectivity index (χ3n) is 4.75. The molecule has 1 saturated heterocycles. The molecule has 3 aromatic rings. The van der Waals surface area contributed by atoms with E-state index in [4.69, 9.17) is 0 Å². The molecular weight excluding hydrogens is 288 g/mol. The lowest BCUT2D eigenvalue weighted by molar-refractivity contribution is 0.163. The summed E-state index contributed by atoms with van der Waals surface area (Å²) in [6.45, 7) is 3.22. The number of nitrogens with zero attached hydrogens (tertiary/aromatic N) is 6. The van der Waals surface area contributed by atoms with Gasteiger partial charge < -0.3 is 4.57 Å². The molecule has 0 radical (unpaired) electrons. The molecule has 120 valence electrons. The van der Waals surface area contributed by atoms with Gasteiger partial charge in [-0.15, -0.1) is 0 Å². The number of hydrogen-bond donors (Lipinski definition) is 0. The summed E-state index contributed by atoms with van der Waals surface area (Å²) in [6.07, 6.45) is 13.3. The summed E-state index contributed by atoms with van der Waals surface area (Å²) in [7, 11) is 2.08. The molecular formula is C17H22N6. The molecule has 0 aromatic carbocycles. The summed E-state index contributed by atoms with van der Waals surface area (Å²) in [5.74, 6) is 2.65. The molecule has 0 aliphatic carbocycles. The Morgan fingerprint density at radius 2 is 2.13 bits per heavy atom. The molecule has 4 heterocycles. The van der Waals surface area contributed by atoms with Crippen LogP contribution in [-0.4, -0.2) is 41.9 Å². The minimum atomic E-state index is 0.683. The molecule has 6 nitrogen and oxygen atoms in total. The first-order chi connectivity index (χ1) is 11.3. The molecule has 0 saturated carbocycles. The standard InChI is InChI=1S/C17H22N6/c1-21-9-6-18-16(21)10-14-4-2-7-22(12-14)13-15-11-20-17-19-5-3-8-23(15)17/h3,5-6,8-9,11,14H,2,4,7,10,12-13H2,1H3/t14-/m1/s1. The number of aromatic nitrogens is 5. The smallest absolute Gasteiger partial charge is 0.233 e. The van der Waals surface area contributed by atoms with Crippen molar-refractivity contribution in [2.45, 2.75) is 25.8 Å². The highest BCUT2D eigenvalue weighted by Crippen LogP contribution is 2.21. The van der Waals surface area contributed by atoms with E-state index < -0.39 is 0 Å². The lowest BCUT2D eigenvalue weighted by atomic mass is 9.94. The van der Waals surface area contributed by atoms with Gasteiger partial charge in [0.25, 0.3) is 0 Å². The minimum absolute atomic E-state index is 0.683. The predicted octanol–water partition coefficient (Wildman–Crippen LogP) is 1.92. The number of fused-ring (bicyclic) bond motifs is 1. The van der Waals surface area contributed by atoms with Crippen molar-refractivity contribution in [1.29, 1.82) is 0 Å². The van der Waals surface area contributed by atoms with Crippen LogP contribution in [0, 0.1) is 5.92 Å². The average Bonchev–Trinajstić information content (AvgIpc) is 3.15. The van der Waals surface area contributed by atoms with Crippen LogP contribution < -0.4 is 0 Å². The van der Waals surface area contributed by atoms with Crippen LogP contribution in [0.3, 0.4) is 0 Å². The first-order valence-electron chi connectivity index (χ1n) is 8.25. The normalized spacial score (nSPS) is 19.4. The first-order valence-corrected chi connectivity index (χ1v) is 8.25. The van der Waals surface area contributed by atoms with E-state index in [1.54, 1.807) is 6.20 Å². The fourth-order valence-electron chi connectivity index (χ4n) is 3.54. The third kappa shape index (κ3) is 2.99. The van der Waals surface area contributed by atoms with Gasteiger partial charge in [-0.25, -0.2) is 15.0 Å². The van der Waals surface area contributed by atoms with Crippen LogP contribution in [0.5, 0.6) is 0 Å². The molecule has 6 heteroatoms. The average molecular weight is 310 g/mol. The summed E-state index contributed by atoms with van der Waals surface area (Å²) in [6, 6.07) is 1.96. The van der Waals surface area contributed by atoms with E-state index in [1.807, 2.05) is 30.9 Å². The Morgan fingerprint density at radius 1 is 1.17 bits per heavy atom. The van der Waals surface area contributed by atoms with Crippen molar-refractivity contribution in [3.8, 4) is 0 Å². The van der Waals surface area contributed by atoms with E-state index in [1.165, 1.54) is 24.4 Å². The molecule has 0 N–H and O–H groups in total. The van der Waals surface area contributed by atoms with Gasteiger partial charge in [0.15, 0.2) is 0 Å². The SMILES string of the molecule is Cn1ccnc1C[C@H]1CCCN(Cc2cnc3ncccn23)C1. The van der Waals surface area contributed by atoms with Crippen LogP contribution in [-0.2, 0) is 20.0 Å². The number of piperidine rings is 1. The van der Waals surface area contributed by atoms with Crippen LogP contribution in [0.25, 0.3) is 5.78 Å². The number of likely N-dealkylation sites (tertiary alicyclic amines) is 1. The summed E-state index contributed by atoms with van der Waals surface area (Å²) in [5.41, 5.74) is 1.21. The van der Waals surface area contributed by atoms with E-state index in [-0.39, 0.29) is 0 Å². The summed E-state index contributed by atoms with van der Waals surface area (Å²) >= 11 is 0. The quantitative estimate of drug-likeness (QED) is 0.739. The topological polar surface area (TPSA) is 51.2 Å². The minimum Gasteiger partial charge on any atom is -0.338 e. The molecule has 1 aliphatic rings. The Morgan fingerprint density at radius 3 is 3.00 bits per heavy atom. The van der Waals surface area contributed by atoms with E-state index in [9.17, 15) is 0 Å². The Balaban J connectivity index is 1.44. The van der Waals surface area contributed by atoms with Gasteiger partial charge in [0.2, 0.25) is 5.78 Å². The fraction of sp³-hybridized carbons (Fsp3) is 0.471. The van der Waals surface area contributed by atoms with Crippen LogP contribution in [0.2, 0.25) is 0 Å². The van der Waals surface area contributed by atoms with Gasteiger partial charge in [0, 0.05) is 51.3 Å². The number of imidazole rings is 2. The van der Waals surface area contributed by atoms with E-state index in [0.717, 1.165) is 31.8 Å². The monoisotopic (exact) mass is 310 g/mol. The second-order valence-corrected chi connectivity index (χ2v) is 6.44. The predicted molar refractivity (Wildman–Crippen MR) is 87.9 cm³/mol. The van der Waals surface area contributed by atoms with Crippen molar-refractivity contribution < 1.29 is 0 Å². The molecule has 1 fully saturated rings. The largest absolute Gasteiger partial charge is 0.338 e. The molecule has 23 heavy (non-hydrogen) atoms. The van der Waals surface area contributed by atoms with Gasteiger partial charge in [-0.3, -0.25) is 9.30 Å². The molecule has 4 rings (SSSR count). The van der Waals surface area contributed by atoms with E-state index in [0.29, 0.717) is 5.92 Å². The van der Waals surface area contributed by atoms with Gasteiger partial charge in [-0.1, -0.05) is 0 Å². The molecule has 0 spiro atoms. The number of aryl methyl sites for hydroxylation is 1. The van der Waals surface area contributed by atoms with Gasteiger partial charge in [0.1, 0.15) is 5.82 Å². The van der Waals surface area contributed by atoms with Crippen molar-refractivity contribution in [1.82, 2.24) is 28.8 Å². The van der Waals surface area contributed by atoms with Crippen LogP contribution in [0.1, 0.15) is 24.4 Å². The summed E-state index contributed by atoms with van der Waals surface area (Å²) < 4.78 is 4.22. The van der Waals surface area contributed by atoms with Gasteiger partial charge in [-0.05, 0) is 31.4 Å². The molecule has 0 unspecified atom stereocenters. The van der Waals surface area contributed by atoms with Crippen LogP contribution >= 0.6 is 0 Å². The van der Waals surface area contributed by atoms with Gasteiger partial charge >= 0.3 is 0 Å². The third-order valence-corrected chi connectivity index (χ3v) is 4.75. The summed E-state index contributed by atoms with van der Waals surface area (Å²) in [5, 5.41) is 0. The second-order valence-electron chi connectivity index (χ2n) is 6.44. The van der Waals surface area contributed by atoms with Crippen LogP contribution in [0.4, 0.5) is 0 Å². The maximum Gasteiger partial charge on any atom is 0.233 e. The van der Waals surface area contributed by atoms with Crippen molar-refractivity contribution >= 4 is 5.78 Å². The van der Waals surface area contributed by atoms with Crippen LogP contribution in [0.15, 0.2) is 37.1 Å². The van der Waals surface area contributed by atoms with Crippen molar-refractivity contribution in [3.05, 3.63) is 48.6 Å². The highest BCUT2D eigenvalue weighted by atomic mass is 15.2. The van der Waals surface area contributed by atoms with Gasteiger partial charge in [-0.2, -0.15) is 0 Å². The van der Waals surface area contributed by atoms with E-state index >= 15 is 0 Å². The van der Waals surface area contributed by atoms with Crippen molar-refractivity contribution in [3.63, 3.8) is 0 Å². The zero-order valence-corrected chi connectivity index (χ0v) is 13.5. The Hall–Kier alpha value is -2.21. The molecule has 3 aromatic heterocycles. The number of hydrogen-bond acceptors (Lipinski definition) is 4. The fourth-order valence-corrected chi connectivity index (χ4v) is 3.54.